The van der Waals surface area contributed by atoms with E-state index in [-0.39, 0.29) is 11.5 Å². The predicted molar refractivity (Wildman–Crippen MR) is 39.8 cm³/mol. The van der Waals surface area contributed by atoms with Crippen LogP contribution in [0.1, 0.15) is 5.56 Å². The van der Waals surface area contributed by atoms with Crippen LogP contribution in [0.25, 0.3) is 5.76 Å². The zero-order valence-corrected chi connectivity index (χ0v) is 5.41. The van der Waals surface area contributed by atoms with Crippen LogP contribution in [-0.4, -0.2) is 10.2 Å². The van der Waals surface area contributed by atoms with Gasteiger partial charge in [0.25, 0.3) is 0 Å². The Labute approximate surface area is 59.1 Å². The van der Waals surface area contributed by atoms with Gasteiger partial charge in [0.15, 0.2) is 0 Å². The highest BCUT2D eigenvalue weighted by Gasteiger charge is 1.93. The molecule has 1 rings (SSSR count). The van der Waals surface area contributed by atoms with Crippen molar-refractivity contribution in [3.63, 3.8) is 0 Å². The molecule has 0 radical (unpaired) electrons. The van der Waals surface area contributed by atoms with Crippen molar-refractivity contribution in [2.75, 3.05) is 0 Å². The van der Waals surface area contributed by atoms with Crippen LogP contribution < -0.4 is 0 Å². The van der Waals surface area contributed by atoms with E-state index in [1.165, 1.54) is 12.1 Å². The molecule has 52 valence electrons. The molecule has 0 aliphatic carbocycles. The molecule has 0 aromatic heterocycles. The fraction of sp³-hybridized carbons (Fsp3) is 0. The number of hydrogen-bond acceptors (Lipinski definition) is 2. The second kappa shape index (κ2) is 2.43. The van der Waals surface area contributed by atoms with Crippen molar-refractivity contribution in [1.29, 1.82) is 0 Å². The Hall–Kier alpha value is -1.44. The van der Waals surface area contributed by atoms with E-state index in [1.807, 2.05) is 0 Å². The van der Waals surface area contributed by atoms with Crippen LogP contribution in [0.15, 0.2) is 30.8 Å². The first-order valence-electron chi connectivity index (χ1n) is 2.87. The van der Waals surface area contributed by atoms with Crippen molar-refractivity contribution in [2.45, 2.75) is 0 Å². The van der Waals surface area contributed by atoms with Crippen LogP contribution in [0.5, 0.6) is 5.75 Å². The summed E-state index contributed by atoms with van der Waals surface area (Å²) >= 11 is 0. The van der Waals surface area contributed by atoms with Gasteiger partial charge < -0.3 is 10.2 Å². The number of aliphatic hydroxyl groups excluding tert-OH is 1. The second-order valence-corrected chi connectivity index (χ2v) is 1.99. The molecule has 0 heterocycles. The quantitative estimate of drug-likeness (QED) is 0.579. The molecule has 0 aliphatic rings. The Morgan fingerprint density at radius 3 is 2.10 bits per heavy atom. The molecular weight excluding hydrogens is 128 g/mol. The average Bonchev–Trinajstić information content (AvgIpc) is 1.88. The van der Waals surface area contributed by atoms with Gasteiger partial charge in [0.1, 0.15) is 11.5 Å². The van der Waals surface area contributed by atoms with E-state index < -0.39 is 0 Å². The SMILES string of the molecule is C=C(O)c1ccc(O)cc1. The maximum absolute atomic E-state index is 8.84. The highest BCUT2D eigenvalue weighted by atomic mass is 16.3. The summed E-state index contributed by atoms with van der Waals surface area (Å²) in [6.07, 6.45) is 0. The molecule has 2 nitrogen and oxygen atoms in total. The third-order valence-electron chi connectivity index (χ3n) is 1.20. The van der Waals surface area contributed by atoms with Gasteiger partial charge in [-0.15, -0.1) is 0 Å². The monoisotopic (exact) mass is 136 g/mol. The first-order valence-corrected chi connectivity index (χ1v) is 2.87. The molecule has 0 spiro atoms. The molecule has 0 saturated heterocycles. The summed E-state index contributed by atoms with van der Waals surface area (Å²) in [5.41, 5.74) is 0.623. The molecule has 2 N–H and O–H groups in total. The summed E-state index contributed by atoms with van der Waals surface area (Å²) in [4.78, 5) is 0. The fourth-order valence-corrected chi connectivity index (χ4v) is 0.654. The van der Waals surface area contributed by atoms with Crippen molar-refractivity contribution in [3.8, 4) is 5.75 Å². The summed E-state index contributed by atoms with van der Waals surface area (Å²) in [6, 6.07) is 6.18. The Morgan fingerprint density at radius 1 is 1.20 bits per heavy atom. The molecule has 2 heteroatoms. The lowest BCUT2D eigenvalue weighted by molar-refractivity contribution is 0.475. The van der Waals surface area contributed by atoms with E-state index in [9.17, 15) is 0 Å². The molecular formula is C8H8O2. The van der Waals surface area contributed by atoms with Gasteiger partial charge in [-0.05, 0) is 24.3 Å². The van der Waals surface area contributed by atoms with E-state index in [4.69, 9.17) is 10.2 Å². The topological polar surface area (TPSA) is 40.5 Å². The minimum absolute atomic E-state index is 0.0139. The predicted octanol–water partition coefficient (Wildman–Crippen LogP) is 1.92. The Morgan fingerprint density at radius 2 is 1.70 bits per heavy atom. The van der Waals surface area contributed by atoms with E-state index >= 15 is 0 Å². The number of phenols is 1. The molecule has 1 aromatic rings. The molecule has 0 bridgehead atoms. The number of hydrogen-bond donors (Lipinski definition) is 2. The van der Waals surface area contributed by atoms with Crippen molar-refractivity contribution in [2.24, 2.45) is 0 Å². The van der Waals surface area contributed by atoms with Crippen LogP contribution in [0.2, 0.25) is 0 Å². The van der Waals surface area contributed by atoms with Gasteiger partial charge in [-0.25, -0.2) is 0 Å². The number of aliphatic hydroxyl groups is 1. The first kappa shape index (κ1) is 6.68. The van der Waals surface area contributed by atoms with Crippen molar-refractivity contribution in [1.82, 2.24) is 0 Å². The van der Waals surface area contributed by atoms with Gasteiger partial charge >= 0.3 is 0 Å². The molecule has 0 amide bonds. The van der Waals surface area contributed by atoms with Crippen LogP contribution in [0.3, 0.4) is 0 Å². The van der Waals surface area contributed by atoms with Crippen molar-refractivity contribution < 1.29 is 10.2 Å². The summed E-state index contributed by atoms with van der Waals surface area (Å²) in [5.74, 6) is 0.199. The lowest BCUT2D eigenvalue weighted by Crippen LogP contribution is -1.77. The minimum atomic E-state index is 0.0139. The van der Waals surface area contributed by atoms with E-state index in [0.717, 1.165) is 0 Å². The normalized spacial score (nSPS) is 9.20. The van der Waals surface area contributed by atoms with E-state index in [1.54, 1.807) is 12.1 Å². The smallest absolute Gasteiger partial charge is 0.115 e. The van der Waals surface area contributed by atoms with E-state index in [0.29, 0.717) is 5.56 Å². The second-order valence-electron chi connectivity index (χ2n) is 1.99. The van der Waals surface area contributed by atoms with Crippen LogP contribution in [-0.2, 0) is 0 Å². The molecule has 10 heavy (non-hydrogen) atoms. The van der Waals surface area contributed by atoms with Gasteiger partial charge in [-0.3, -0.25) is 0 Å². The summed E-state index contributed by atoms with van der Waals surface area (Å²) < 4.78 is 0. The lowest BCUT2D eigenvalue weighted by Gasteiger charge is -1.96. The molecule has 0 saturated carbocycles. The van der Waals surface area contributed by atoms with Gasteiger partial charge in [-0.2, -0.15) is 0 Å². The van der Waals surface area contributed by atoms with Gasteiger partial charge in [0, 0.05) is 5.56 Å². The zero-order valence-electron chi connectivity index (χ0n) is 5.41. The largest absolute Gasteiger partial charge is 0.508 e. The first-order chi connectivity index (χ1) is 4.70. The number of phenolic OH excluding ortho intramolecular Hbond substituents is 1. The summed E-state index contributed by atoms with van der Waals surface area (Å²) in [6.45, 7) is 3.33. The van der Waals surface area contributed by atoms with Gasteiger partial charge in [-0.1, -0.05) is 6.58 Å². The summed E-state index contributed by atoms with van der Waals surface area (Å²) in [7, 11) is 0. The molecule has 0 atom stereocenters. The van der Waals surface area contributed by atoms with Crippen molar-refractivity contribution >= 4 is 5.76 Å². The Bertz CT molecular complexity index is 236. The minimum Gasteiger partial charge on any atom is -0.508 e. The molecule has 0 fully saturated rings. The molecule has 0 unspecified atom stereocenters. The summed E-state index contributed by atoms with van der Waals surface area (Å²) in [5, 5.41) is 17.7. The van der Waals surface area contributed by atoms with E-state index in [2.05, 4.69) is 6.58 Å². The lowest BCUT2D eigenvalue weighted by atomic mass is 10.2. The maximum atomic E-state index is 8.84. The third-order valence-corrected chi connectivity index (χ3v) is 1.20. The Kier molecular flexibility index (Phi) is 1.63. The molecule has 1 aromatic carbocycles. The number of benzene rings is 1. The van der Waals surface area contributed by atoms with Gasteiger partial charge in [0.2, 0.25) is 0 Å². The third kappa shape index (κ3) is 1.29. The number of aromatic hydroxyl groups is 1. The zero-order chi connectivity index (χ0) is 7.56. The highest BCUT2D eigenvalue weighted by molar-refractivity contribution is 5.56. The Balaban J connectivity index is 3.00. The van der Waals surface area contributed by atoms with Crippen molar-refractivity contribution in [3.05, 3.63) is 36.4 Å². The average molecular weight is 136 g/mol. The standard InChI is InChI=1S/C8H8O2/c1-6(9)7-2-4-8(10)5-3-7/h2-5,9-10H,1H2. The molecule has 0 aliphatic heterocycles. The highest BCUT2D eigenvalue weighted by Crippen LogP contribution is 2.13. The maximum Gasteiger partial charge on any atom is 0.115 e. The fourth-order valence-electron chi connectivity index (χ4n) is 0.654. The van der Waals surface area contributed by atoms with Crippen LogP contribution in [0.4, 0.5) is 0 Å². The van der Waals surface area contributed by atoms with Gasteiger partial charge in [0.05, 0.1) is 0 Å². The number of rotatable bonds is 1. The van der Waals surface area contributed by atoms with Crippen LogP contribution >= 0.6 is 0 Å². The van der Waals surface area contributed by atoms with Crippen LogP contribution in [0, 0.1) is 0 Å².